The molecule has 1 unspecified atom stereocenters. The van der Waals surface area contributed by atoms with E-state index < -0.39 is 0 Å². The van der Waals surface area contributed by atoms with Gasteiger partial charge in [-0.05, 0) is 80.2 Å². The van der Waals surface area contributed by atoms with Gasteiger partial charge in [-0.15, -0.1) is 11.8 Å². The smallest absolute Gasteiger partial charge is 0.234 e. The van der Waals surface area contributed by atoms with Crippen LogP contribution in [0.25, 0.3) is 0 Å². The third-order valence-corrected chi connectivity index (χ3v) is 8.13. The molecule has 2 aromatic carbocycles. The van der Waals surface area contributed by atoms with Crippen molar-refractivity contribution in [3.05, 3.63) is 99.8 Å². The second-order valence-electron chi connectivity index (χ2n) is 10.2. The molecule has 1 aromatic heterocycles. The number of thioether (sulfide) groups is 1. The molecule has 39 heavy (non-hydrogen) atoms. The first kappa shape index (κ1) is 28.6. The first-order valence-electron chi connectivity index (χ1n) is 13.7. The Kier molecular flexibility index (Phi) is 9.99. The van der Waals surface area contributed by atoms with Crippen molar-refractivity contribution in [2.75, 3.05) is 17.7 Å². The van der Waals surface area contributed by atoms with E-state index in [1.807, 2.05) is 73.7 Å². The fourth-order valence-electron chi connectivity index (χ4n) is 5.06. The standard InChI is InChI=1S/C33H39N3O2S/c1-6-34-24(4)32(39-5)21-36(26-18-19-30(23(2)3)35-20-26)33(37)29-16-10-15-28-27(29)14-11-17-31(28)38-22-25-12-8-7-9-13-25/h6-9,11-14,17-20,23,29H,10,15-16,21-22H2,1-5H3/b32-24-,34-6?. The van der Waals surface area contributed by atoms with Gasteiger partial charge in [-0.1, -0.05) is 56.3 Å². The Morgan fingerprint density at radius 3 is 2.62 bits per heavy atom. The highest BCUT2D eigenvalue weighted by Crippen LogP contribution is 2.39. The Hall–Kier alpha value is -3.38. The van der Waals surface area contributed by atoms with Crippen molar-refractivity contribution in [1.29, 1.82) is 0 Å². The summed E-state index contributed by atoms with van der Waals surface area (Å²) in [5, 5.41) is 0. The van der Waals surface area contributed by atoms with E-state index in [1.165, 1.54) is 0 Å². The molecule has 0 fully saturated rings. The molecule has 0 saturated heterocycles. The Bertz CT molecular complexity index is 1320. The first-order valence-corrected chi connectivity index (χ1v) is 14.9. The van der Waals surface area contributed by atoms with Crippen LogP contribution in [0.3, 0.4) is 0 Å². The Labute approximate surface area is 237 Å². The molecule has 0 spiro atoms. The molecule has 5 nitrogen and oxygen atoms in total. The fourth-order valence-corrected chi connectivity index (χ4v) is 5.67. The summed E-state index contributed by atoms with van der Waals surface area (Å²) in [4.78, 5) is 26.5. The van der Waals surface area contributed by atoms with Gasteiger partial charge in [-0.2, -0.15) is 0 Å². The molecule has 1 aliphatic rings. The van der Waals surface area contributed by atoms with E-state index in [0.717, 1.165) is 63.7 Å². The van der Waals surface area contributed by atoms with Gasteiger partial charge in [0.2, 0.25) is 5.91 Å². The number of ether oxygens (including phenoxy) is 1. The lowest BCUT2D eigenvalue weighted by Gasteiger charge is -2.32. The maximum Gasteiger partial charge on any atom is 0.234 e. The number of benzene rings is 2. The maximum absolute atomic E-state index is 14.4. The lowest BCUT2D eigenvalue weighted by Crippen LogP contribution is -2.38. The van der Waals surface area contributed by atoms with Gasteiger partial charge in [0.1, 0.15) is 12.4 Å². The zero-order valence-corrected chi connectivity index (χ0v) is 24.5. The van der Waals surface area contributed by atoms with E-state index in [1.54, 1.807) is 18.0 Å². The van der Waals surface area contributed by atoms with E-state index in [0.29, 0.717) is 19.1 Å². The number of nitrogens with zero attached hydrogens (tertiary/aromatic N) is 3. The summed E-state index contributed by atoms with van der Waals surface area (Å²) in [5.74, 6) is 1.05. The van der Waals surface area contributed by atoms with Crippen LogP contribution in [0.1, 0.15) is 74.8 Å². The minimum Gasteiger partial charge on any atom is -0.489 e. The van der Waals surface area contributed by atoms with E-state index >= 15 is 0 Å². The molecule has 0 N–H and O–H groups in total. The molecular weight excluding hydrogens is 502 g/mol. The summed E-state index contributed by atoms with van der Waals surface area (Å²) < 4.78 is 6.28. The van der Waals surface area contributed by atoms with E-state index in [-0.39, 0.29) is 11.8 Å². The largest absolute Gasteiger partial charge is 0.489 e. The first-order chi connectivity index (χ1) is 18.9. The normalized spacial score (nSPS) is 15.7. The molecule has 0 aliphatic heterocycles. The quantitative estimate of drug-likeness (QED) is 0.245. The number of rotatable bonds is 10. The molecule has 3 aromatic rings. The highest BCUT2D eigenvalue weighted by Gasteiger charge is 2.33. The van der Waals surface area contributed by atoms with Crippen LogP contribution in [0.5, 0.6) is 5.75 Å². The van der Waals surface area contributed by atoms with Gasteiger partial charge in [0.15, 0.2) is 0 Å². The molecular formula is C33H39N3O2S. The fraction of sp³-hybridized carbons (Fsp3) is 0.364. The summed E-state index contributed by atoms with van der Waals surface area (Å²) in [7, 11) is 0. The maximum atomic E-state index is 14.4. The van der Waals surface area contributed by atoms with E-state index in [9.17, 15) is 4.79 Å². The van der Waals surface area contributed by atoms with Gasteiger partial charge in [0, 0.05) is 22.5 Å². The topological polar surface area (TPSA) is 54.8 Å². The molecule has 0 radical (unpaired) electrons. The van der Waals surface area contributed by atoms with Gasteiger partial charge in [0.25, 0.3) is 0 Å². The monoisotopic (exact) mass is 541 g/mol. The molecule has 6 heteroatoms. The van der Waals surface area contributed by atoms with Gasteiger partial charge < -0.3 is 9.64 Å². The highest BCUT2D eigenvalue weighted by molar-refractivity contribution is 8.02. The summed E-state index contributed by atoms with van der Waals surface area (Å²) in [6, 6.07) is 20.4. The number of hydrogen-bond acceptors (Lipinski definition) is 5. The lowest BCUT2D eigenvalue weighted by atomic mass is 9.81. The molecule has 0 bridgehead atoms. The van der Waals surface area contributed by atoms with Crippen molar-refractivity contribution >= 4 is 29.6 Å². The lowest BCUT2D eigenvalue weighted by molar-refractivity contribution is -0.120. The highest BCUT2D eigenvalue weighted by atomic mass is 32.2. The second kappa shape index (κ2) is 13.6. The molecule has 1 amide bonds. The minimum absolute atomic E-state index is 0.0927. The molecule has 204 valence electrons. The molecule has 1 aliphatic carbocycles. The van der Waals surface area contributed by atoms with Crippen molar-refractivity contribution in [2.24, 2.45) is 4.99 Å². The number of anilines is 1. The summed E-state index contributed by atoms with van der Waals surface area (Å²) >= 11 is 1.64. The van der Waals surface area contributed by atoms with Crippen molar-refractivity contribution in [3.8, 4) is 5.75 Å². The number of carbonyl (C=O) groups excluding carboxylic acids is 1. The molecule has 1 heterocycles. The minimum atomic E-state index is -0.239. The van der Waals surface area contributed by atoms with Crippen LogP contribution in [0.4, 0.5) is 5.69 Å². The molecule has 0 saturated carbocycles. The van der Waals surface area contributed by atoms with Crippen molar-refractivity contribution in [2.45, 2.75) is 65.4 Å². The summed E-state index contributed by atoms with van der Waals surface area (Å²) in [5.41, 5.74) is 6.11. The van der Waals surface area contributed by atoms with Gasteiger partial charge >= 0.3 is 0 Å². The third-order valence-electron chi connectivity index (χ3n) is 7.21. The second-order valence-corrected chi connectivity index (χ2v) is 11.1. The Morgan fingerprint density at radius 2 is 1.95 bits per heavy atom. The van der Waals surface area contributed by atoms with Crippen LogP contribution in [0.15, 0.2) is 82.5 Å². The van der Waals surface area contributed by atoms with Crippen LogP contribution in [0, 0.1) is 0 Å². The SMILES string of the molecule is CC=N/C(C)=C(/CN(C(=O)C1CCCc2c(OCc3ccccc3)cccc21)c1ccc(C(C)C)nc1)SC. The van der Waals surface area contributed by atoms with E-state index in [2.05, 4.69) is 42.0 Å². The summed E-state index contributed by atoms with van der Waals surface area (Å²) in [6.07, 6.45) is 8.34. The number of fused-ring (bicyclic) bond motifs is 1. The van der Waals surface area contributed by atoms with Crippen LogP contribution in [-0.4, -0.2) is 29.9 Å². The van der Waals surface area contributed by atoms with Crippen molar-refractivity contribution in [3.63, 3.8) is 0 Å². The van der Waals surface area contributed by atoms with Crippen LogP contribution in [0.2, 0.25) is 0 Å². The Morgan fingerprint density at radius 1 is 1.15 bits per heavy atom. The van der Waals surface area contributed by atoms with Gasteiger partial charge in [-0.3, -0.25) is 14.8 Å². The average molecular weight is 542 g/mol. The average Bonchev–Trinajstić information content (AvgIpc) is 2.96. The third kappa shape index (κ3) is 6.99. The number of hydrogen-bond donors (Lipinski definition) is 0. The Balaban J connectivity index is 1.67. The molecule has 4 rings (SSSR count). The predicted molar refractivity (Wildman–Crippen MR) is 164 cm³/mol. The molecule has 1 atom stereocenters. The number of allylic oxidation sites excluding steroid dienone is 1. The zero-order valence-electron chi connectivity index (χ0n) is 23.7. The van der Waals surface area contributed by atoms with Crippen LogP contribution in [-0.2, 0) is 17.8 Å². The predicted octanol–water partition coefficient (Wildman–Crippen LogP) is 7.92. The number of aliphatic imine (C=N–C) groups is 1. The zero-order chi connectivity index (χ0) is 27.8. The number of pyridine rings is 1. The van der Waals surface area contributed by atoms with Crippen LogP contribution < -0.4 is 9.64 Å². The number of aromatic nitrogens is 1. The van der Waals surface area contributed by atoms with Crippen molar-refractivity contribution in [1.82, 2.24) is 4.98 Å². The summed E-state index contributed by atoms with van der Waals surface area (Å²) in [6.45, 7) is 9.14. The van der Waals surface area contributed by atoms with Crippen molar-refractivity contribution < 1.29 is 9.53 Å². The van der Waals surface area contributed by atoms with Gasteiger partial charge in [-0.25, -0.2) is 0 Å². The van der Waals surface area contributed by atoms with Crippen LogP contribution >= 0.6 is 11.8 Å². The van der Waals surface area contributed by atoms with E-state index in [4.69, 9.17) is 4.74 Å². The number of carbonyl (C=O) groups is 1. The number of amides is 1. The van der Waals surface area contributed by atoms with Gasteiger partial charge in [0.05, 0.1) is 24.3 Å².